The average Bonchev–Trinajstić information content (AvgIpc) is 3.19. The Morgan fingerprint density at radius 2 is 1.70 bits per heavy atom. The lowest BCUT2D eigenvalue weighted by molar-refractivity contribution is 0.102. The molecule has 1 heterocycles. The summed E-state index contributed by atoms with van der Waals surface area (Å²) < 4.78 is 17.2. The summed E-state index contributed by atoms with van der Waals surface area (Å²) in [4.78, 5) is 13.5. The van der Waals surface area contributed by atoms with Gasteiger partial charge in [-0.3, -0.25) is 4.79 Å². The minimum absolute atomic E-state index is 0.250. The van der Waals surface area contributed by atoms with Crippen LogP contribution in [0.15, 0.2) is 77.2 Å². The van der Waals surface area contributed by atoms with Crippen molar-refractivity contribution in [3.8, 4) is 22.8 Å². The summed E-state index contributed by atoms with van der Waals surface area (Å²) in [5.41, 5.74) is 5.75. The van der Waals surface area contributed by atoms with Crippen molar-refractivity contribution in [1.82, 2.24) is 0 Å². The van der Waals surface area contributed by atoms with Crippen LogP contribution in [0.5, 0.6) is 11.5 Å². The van der Waals surface area contributed by atoms with Gasteiger partial charge in [0.2, 0.25) is 0 Å². The van der Waals surface area contributed by atoms with Crippen LogP contribution in [0, 0.1) is 13.8 Å². The van der Waals surface area contributed by atoms with Gasteiger partial charge < -0.3 is 19.2 Å². The SMILES string of the molecule is C=C(C)COc1ccc2oc(-c3ccc(OC)cc3)c(C(=O)Nc3ccc(C)c(C)c3)c2c1. The number of carbonyl (C=O) groups is 1. The second kappa shape index (κ2) is 9.25. The maximum Gasteiger partial charge on any atom is 0.260 e. The molecule has 0 radical (unpaired) electrons. The Hall–Kier alpha value is -3.99. The van der Waals surface area contributed by atoms with E-state index in [0.717, 1.165) is 28.1 Å². The number of carbonyl (C=O) groups excluding carboxylic acids is 1. The molecule has 0 saturated carbocycles. The number of furan rings is 1. The fraction of sp³-hybridized carbons (Fsp3) is 0.179. The van der Waals surface area contributed by atoms with Crippen molar-refractivity contribution < 1.29 is 18.7 Å². The first-order valence-electron chi connectivity index (χ1n) is 10.7. The molecular formula is C28H27NO4. The van der Waals surface area contributed by atoms with E-state index in [1.807, 2.05) is 81.4 Å². The Kier molecular flexibility index (Phi) is 6.22. The highest BCUT2D eigenvalue weighted by molar-refractivity contribution is 6.16. The predicted octanol–water partition coefficient (Wildman–Crippen LogP) is 6.93. The van der Waals surface area contributed by atoms with Crippen molar-refractivity contribution >= 4 is 22.6 Å². The van der Waals surface area contributed by atoms with Gasteiger partial charge in [0.05, 0.1) is 12.7 Å². The highest BCUT2D eigenvalue weighted by Crippen LogP contribution is 2.37. The normalized spacial score (nSPS) is 10.8. The molecule has 0 aliphatic carbocycles. The van der Waals surface area contributed by atoms with Gasteiger partial charge in [0.1, 0.15) is 29.4 Å². The zero-order valence-electron chi connectivity index (χ0n) is 19.3. The minimum atomic E-state index is -0.250. The zero-order chi connectivity index (χ0) is 23.5. The molecule has 4 rings (SSSR count). The molecule has 0 aliphatic heterocycles. The van der Waals surface area contributed by atoms with E-state index in [-0.39, 0.29) is 5.91 Å². The number of anilines is 1. The molecule has 5 nitrogen and oxygen atoms in total. The highest BCUT2D eigenvalue weighted by Gasteiger charge is 2.23. The zero-order valence-corrected chi connectivity index (χ0v) is 19.3. The van der Waals surface area contributed by atoms with E-state index >= 15 is 0 Å². The van der Waals surface area contributed by atoms with Crippen molar-refractivity contribution in [2.45, 2.75) is 20.8 Å². The Labute approximate surface area is 193 Å². The van der Waals surface area contributed by atoms with Crippen LogP contribution in [0.4, 0.5) is 5.69 Å². The molecule has 33 heavy (non-hydrogen) atoms. The van der Waals surface area contributed by atoms with E-state index in [2.05, 4.69) is 11.9 Å². The van der Waals surface area contributed by atoms with Crippen molar-refractivity contribution in [2.24, 2.45) is 0 Å². The van der Waals surface area contributed by atoms with Gasteiger partial charge in [-0.25, -0.2) is 0 Å². The van der Waals surface area contributed by atoms with E-state index in [0.29, 0.717) is 34.6 Å². The van der Waals surface area contributed by atoms with Crippen molar-refractivity contribution in [3.05, 3.63) is 89.5 Å². The summed E-state index contributed by atoms with van der Waals surface area (Å²) in [6.07, 6.45) is 0. The first kappa shape index (κ1) is 22.2. The van der Waals surface area contributed by atoms with E-state index < -0.39 is 0 Å². The molecule has 4 aromatic rings. The molecule has 1 aromatic heterocycles. The van der Waals surface area contributed by atoms with Gasteiger partial charge in [-0.15, -0.1) is 0 Å². The van der Waals surface area contributed by atoms with E-state index in [1.54, 1.807) is 7.11 Å². The standard InChI is InChI=1S/C28H27NO4/c1-17(2)16-32-23-12-13-25-24(15-23)26(27(33-25)20-7-10-22(31-5)11-8-20)28(30)29-21-9-6-18(3)19(4)14-21/h6-15H,1,16H2,2-5H3,(H,29,30). The summed E-state index contributed by atoms with van der Waals surface area (Å²) in [6, 6.07) is 18.8. The van der Waals surface area contributed by atoms with E-state index in [4.69, 9.17) is 13.9 Å². The molecule has 0 bridgehead atoms. The molecule has 0 aliphatic rings. The highest BCUT2D eigenvalue weighted by atomic mass is 16.5. The van der Waals surface area contributed by atoms with Gasteiger partial charge in [0, 0.05) is 16.6 Å². The lowest BCUT2D eigenvalue weighted by Gasteiger charge is -2.09. The summed E-state index contributed by atoms with van der Waals surface area (Å²) in [7, 11) is 1.62. The molecule has 168 valence electrons. The van der Waals surface area contributed by atoms with Crippen LogP contribution in [0.1, 0.15) is 28.4 Å². The predicted molar refractivity (Wildman–Crippen MR) is 132 cm³/mol. The van der Waals surface area contributed by atoms with Gasteiger partial charge in [0.25, 0.3) is 5.91 Å². The average molecular weight is 442 g/mol. The second-order valence-corrected chi connectivity index (χ2v) is 8.19. The van der Waals surface area contributed by atoms with Gasteiger partial charge >= 0.3 is 0 Å². The quantitative estimate of drug-likeness (QED) is 0.316. The molecule has 0 spiro atoms. The minimum Gasteiger partial charge on any atom is -0.497 e. The summed E-state index contributed by atoms with van der Waals surface area (Å²) in [5, 5.41) is 3.71. The largest absolute Gasteiger partial charge is 0.497 e. The second-order valence-electron chi connectivity index (χ2n) is 8.19. The number of hydrogen-bond donors (Lipinski definition) is 1. The maximum atomic E-state index is 13.5. The van der Waals surface area contributed by atoms with Crippen LogP contribution in [0.25, 0.3) is 22.3 Å². The Balaban J connectivity index is 1.81. The molecule has 5 heteroatoms. The number of benzene rings is 3. The van der Waals surface area contributed by atoms with Crippen LogP contribution in [0.2, 0.25) is 0 Å². The Morgan fingerprint density at radius 3 is 2.36 bits per heavy atom. The van der Waals surface area contributed by atoms with Crippen molar-refractivity contribution in [1.29, 1.82) is 0 Å². The molecule has 0 fully saturated rings. The van der Waals surface area contributed by atoms with Gasteiger partial charge in [-0.05, 0) is 92.1 Å². The molecule has 1 amide bonds. The van der Waals surface area contributed by atoms with Gasteiger partial charge in [0.15, 0.2) is 0 Å². The van der Waals surface area contributed by atoms with E-state index in [1.165, 1.54) is 5.56 Å². The number of amides is 1. The monoisotopic (exact) mass is 441 g/mol. The van der Waals surface area contributed by atoms with Gasteiger partial charge in [-0.1, -0.05) is 12.6 Å². The van der Waals surface area contributed by atoms with Crippen LogP contribution in [-0.4, -0.2) is 19.6 Å². The third-order valence-electron chi connectivity index (χ3n) is 5.49. The van der Waals surface area contributed by atoms with Gasteiger partial charge in [-0.2, -0.15) is 0 Å². The third kappa shape index (κ3) is 4.77. The first-order valence-corrected chi connectivity index (χ1v) is 10.7. The molecule has 0 atom stereocenters. The van der Waals surface area contributed by atoms with E-state index in [9.17, 15) is 4.79 Å². The number of nitrogens with one attached hydrogen (secondary N) is 1. The van der Waals surface area contributed by atoms with Crippen LogP contribution >= 0.6 is 0 Å². The molecule has 1 N–H and O–H groups in total. The number of hydrogen-bond acceptors (Lipinski definition) is 4. The Morgan fingerprint density at radius 1 is 0.970 bits per heavy atom. The number of methoxy groups -OCH3 is 1. The summed E-state index contributed by atoms with van der Waals surface area (Å²) in [5.74, 6) is 1.62. The molecule has 0 unspecified atom stereocenters. The number of rotatable bonds is 7. The first-order chi connectivity index (χ1) is 15.9. The van der Waals surface area contributed by atoms with Crippen LogP contribution < -0.4 is 14.8 Å². The Bertz CT molecular complexity index is 1330. The third-order valence-corrected chi connectivity index (χ3v) is 5.49. The van der Waals surface area contributed by atoms with Crippen molar-refractivity contribution in [2.75, 3.05) is 19.0 Å². The van der Waals surface area contributed by atoms with Crippen molar-refractivity contribution in [3.63, 3.8) is 0 Å². The smallest absolute Gasteiger partial charge is 0.260 e. The lowest BCUT2D eigenvalue weighted by atomic mass is 10.0. The van der Waals surface area contributed by atoms with Crippen LogP contribution in [-0.2, 0) is 0 Å². The maximum absolute atomic E-state index is 13.5. The molecular weight excluding hydrogens is 414 g/mol. The number of fused-ring (bicyclic) bond motifs is 1. The summed E-state index contributed by atoms with van der Waals surface area (Å²) in [6.45, 7) is 10.2. The summed E-state index contributed by atoms with van der Waals surface area (Å²) >= 11 is 0. The molecule has 0 saturated heterocycles. The fourth-order valence-electron chi connectivity index (χ4n) is 3.56. The van der Waals surface area contributed by atoms with Crippen LogP contribution in [0.3, 0.4) is 0 Å². The molecule has 3 aromatic carbocycles. The fourth-order valence-corrected chi connectivity index (χ4v) is 3.56. The number of aryl methyl sites for hydroxylation is 2. The lowest BCUT2D eigenvalue weighted by Crippen LogP contribution is -2.12. The topological polar surface area (TPSA) is 60.7 Å². The number of ether oxygens (including phenoxy) is 2.